The number of hydrogen-bond donors (Lipinski definition) is 2. The van der Waals surface area contributed by atoms with Crippen molar-refractivity contribution in [3.8, 4) is 0 Å². The Labute approximate surface area is 140 Å². The van der Waals surface area contributed by atoms with Crippen LogP contribution in [-0.2, 0) is 13.0 Å². The Bertz CT molecular complexity index is 646. The Morgan fingerprint density at radius 3 is 3.00 bits per heavy atom. The quantitative estimate of drug-likeness (QED) is 0.806. The highest BCUT2D eigenvalue weighted by Gasteiger charge is 2.21. The van der Waals surface area contributed by atoms with E-state index in [4.69, 9.17) is 4.52 Å². The maximum Gasteiger partial charge on any atom is 0.275 e. The third-order valence-electron chi connectivity index (χ3n) is 4.35. The minimum Gasteiger partial charge on any atom is -0.393 e. The number of likely N-dealkylation sites (tertiary alicyclic amines) is 1. The molecule has 24 heavy (non-hydrogen) atoms. The fraction of sp³-hybridized carbons (Fsp3) is 0.562. The molecule has 1 aliphatic heterocycles. The average molecular weight is 333 g/mol. The number of aliphatic hydroxyl groups excluding tert-OH is 1. The predicted octanol–water partition coefficient (Wildman–Crippen LogP) is 0.669. The van der Waals surface area contributed by atoms with Gasteiger partial charge in [0.1, 0.15) is 0 Å². The molecule has 2 N–H and O–H groups in total. The van der Waals surface area contributed by atoms with E-state index in [1.165, 1.54) is 0 Å². The molecule has 3 heterocycles. The Morgan fingerprint density at radius 2 is 2.29 bits per heavy atom. The van der Waals surface area contributed by atoms with Gasteiger partial charge >= 0.3 is 0 Å². The number of nitrogens with zero attached hydrogens (tertiary/aromatic N) is 4. The van der Waals surface area contributed by atoms with Crippen LogP contribution >= 0.6 is 0 Å². The molecular formula is C16H23N5O3. The first-order chi connectivity index (χ1) is 11.6. The second-order valence-corrected chi connectivity index (χ2v) is 6.27. The number of nitrogens with one attached hydrogen (secondary N) is 1. The van der Waals surface area contributed by atoms with Crippen LogP contribution in [0.5, 0.6) is 0 Å². The van der Waals surface area contributed by atoms with Crippen molar-refractivity contribution < 1.29 is 14.4 Å². The van der Waals surface area contributed by atoms with Gasteiger partial charge in [0.2, 0.25) is 0 Å². The lowest BCUT2D eigenvalue weighted by Gasteiger charge is -2.28. The van der Waals surface area contributed by atoms with Crippen molar-refractivity contribution in [1.82, 2.24) is 25.2 Å². The number of hydrogen-bond acceptors (Lipinski definition) is 6. The van der Waals surface area contributed by atoms with Crippen LogP contribution < -0.4 is 0 Å². The maximum atomic E-state index is 12.4. The minimum absolute atomic E-state index is 0.150. The molecule has 8 heteroatoms. The highest BCUT2D eigenvalue weighted by atomic mass is 16.5. The molecule has 0 bridgehead atoms. The smallest absolute Gasteiger partial charge is 0.275 e. The Kier molecular flexibility index (Phi) is 5.27. The average Bonchev–Trinajstić information content (AvgIpc) is 3.26. The van der Waals surface area contributed by atoms with Crippen LogP contribution in [0.1, 0.15) is 34.7 Å². The van der Waals surface area contributed by atoms with Crippen molar-refractivity contribution in [2.45, 2.75) is 31.9 Å². The van der Waals surface area contributed by atoms with E-state index in [2.05, 4.69) is 20.3 Å². The van der Waals surface area contributed by atoms with E-state index >= 15 is 0 Å². The third-order valence-corrected chi connectivity index (χ3v) is 4.35. The molecule has 0 radical (unpaired) electrons. The number of carbonyl (C=O) groups excluding carboxylic acids is 1. The number of aromatic amines is 1. The van der Waals surface area contributed by atoms with Crippen molar-refractivity contribution in [2.24, 2.45) is 0 Å². The number of rotatable bonds is 6. The lowest BCUT2D eigenvalue weighted by molar-refractivity contribution is 0.0744. The monoisotopic (exact) mass is 333 g/mol. The summed E-state index contributed by atoms with van der Waals surface area (Å²) >= 11 is 0. The maximum absolute atomic E-state index is 12.4. The molecule has 2 aromatic rings. The number of aromatic nitrogens is 3. The third kappa shape index (κ3) is 4.21. The fourth-order valence-corrected chi connectivity index (χ4v) is 2.79. The molecule has 0 unspecified atom stereocenters. The molecule has 0 aromatic carbocycles. The van der Waals surface area contributed by atoms with Crippen LogP contribution in [-0.4, -0.2) is 69.0 Å². The normalized spacial score (nSPS) is 16.4. The summed E-state index contributed by atoms with van der Waals surface area (Å²) in [5.74, 6) is 0.528. The van der Waals surface area contributed by atoms with Gasteiger partial charge in [-0.3, -0.25) is 14.8 Å². The number of carbonyl (C=O) groups is 1. The number of piperidine rings is 1. The van der Waals surface area contributed by atoms with Gasteiger partial charge in [-0.2, -0.15) is 5.10 Å². The van der Waals surface area contributed by atoms with E-state index in [9.17, 15) is 9.90 Å². The van der Waals surface area contributed by atoms with Crippen LogP contribution in [0, 0.1) is 0 Å². The molecular weight excluding hydrogens is 310 g/mol. The highest BCUT2D eigenvalue weighted by molar-refractivity contribution is 5.92. The van der Waals surface area contributed by atoms with Gasteiger partial charge in [0.05, 0.1) is 18.8 Å². The molecule has 0 aliphatic carbocycles. The number of amides is 1. The number of aliphatic hydroxyl groups is 1. The van der Waals surface area contributed by atoms with Crippen molar-refractivity contribution in [3.63, 3.8) is 0 Å². The zero-order chi connectivity index (χ0) is 16.9. The van der Waals surface area contributed by atoms with Crippen LogP contribution in [0.15, 0.2) is 23.0 Å². The summed E-state index contributed by atoms with van der Waals surface area (Å²) in [4.78, 5) is 16.2. The lowest BCUT2D eigenvalue weighted by Crippen LogP contribution is -2.35. The lowest BCUT2D eigenvalue weighted by atomic mass is 10.1. The first-order valence-corrected chi connectivity index (χ1v) is 8.21. The van der Waals surface area contributed by atoms with Crippen LogP contribution in [0.3, 0.4) is 0 Å². The zero-order valence-electron chi connectivity index (χ0n) is 13.8. The SMILES string of the molecule is CN(CCc1cn[nH]c1)C(=O)c1cc(CN2CCC(O)CC2)on1. The van der Waals surface area contributed by atoms with E-state index in [0.717, 1.165) is 37.9 Å². The van der Waals surface area contributed by atoms with Gasteiger partial charge < -0.3 is 14.5 Å². The Balaban J connectivity index is 1.51. The number of H-pyrrole nitrogens is 1. The molecule has 0 spiro atoms. The zero-order valence-corrected chi connectivity index (χ0v) is 13.8. The van der Waals surface area contributed by atoms with Gasteiger partial charge in [-0.25, -0.2) is 0 Å². The molecule has 1 saturated heterocycles. The van der Waals surface area contributed by atoms with Gasteiger partial charge in [0, 0.05) is 38.9 Å². The van der Waals surface area contributed by atoms with E-state index in [0.29, 0.717) is 24.5 Å². The van der Waals surface area contributed by atoms with Crippen LogP contribution in [0.25, 0.3) is 0 Å². The molecule has 130 valence electrons. The van der Waals surface area contributed by atoms with E-state index < -0.39 is 0 Å². The van der Waals surface area contributed by atoms with Crippen molar-refractivity contribution >= 4 is 5.91 Å². The molecule has 1 amide bonds. The molecule has 8 nitrogen and oxygen atoms in total. The molecule has 1 fully saturated rings. The summed E-state index contributed by atoms with van der Waals surface area (Å²) in [5.41, 5.74) is 1.39. The second-order valence-electron chi connectivity index (χ2n) is 6.27. The number of likely N-dealkylation sites (N-methyl/N-ethyl adjacent to an activating group) is 1. The van der Waals surface area contributed by atoms with Crippen LogP contribution in [0.2, 0.25) is 0 Å². The summed E-state index contributed by atoms with van der Waals surface area (Å²) in [6, 6.07) is 1.71. The fourth-order valence-electron chi connectivity index (χ4n) is 2.79. The van der Waals surface area contributed by atoms with Crippen LogP contribution in [0.4, 0.5) is 0 Å². The first-order valence-electron chi connectivity index (χ1n) is 8.21. The van der Waals surface area contributed by atoms with E-state index in [1.54, 1.807) is 24.2 Å². The second kappa shape index (κ2) is 7.59. The topological polar surface area (TPSA) is 98.5 Å². The Hall–Kier alpha value is -2.19. The standard InChI is InChI=1S/C16H23N5O3/c1-20(5-2-12-9-17-18-10-12)16(23)15-8-14(24-19-15)11-21-6-3-13(22)4-7-21/h8-10,13,22H,2-7,11H2,1H3,(H,17,18). The molecule has 3 rings (SSSR count). The van der Waals surface area contributed by atoms with Gasteiger partial charge in [-0.05, 0) is 24.8 Å². The summed E-state index contributed by atoms with van der Waals surface area (Å²) in [6.07, 6.45) is 5.66. The molecule has 0 atom stereocenters. The minimum atomic E-state index is -0.197. The summed E-state index contributed by atoms with van der Waals surface area (Å²) < 4.78 is 5.30. The molecule has 2 aromatic heterocycles. The summed E-state index contributed by atoms with van der Waals surface area (Å²) in [5, 5.41) is 20.1. The molecule has 0 saturated carbocycles. The van der Waals surface area contributed by atoms with E-state index in [1.807, 2.05) is 6.20 Å². The summed E-state index contributed by atoms with van der Waals surface area (Å²) in [7, 11) is 1.75. The van der Waals surface area contributed by atoms with Gasteiger partial charge in [0.15, 0.2) is 11.5 Å². The van der Waals surface area contributed by atoms with Crippen molar-refractivity contribution in [1.29, 1.82) is 0 Å². The highest BCUT2D eigenvalue weighted by Crippen LogP contribution is 2.15. The largest absolute Gasteiger partial charge is 0.393 e. The first kappa shape index (κ1) is 16.7. The van der Waals surface area contributed by atoms with Gasteiger partial charge in [0.25, 0.3) is 5.91 Å². The summed E-state index contributed by atoms with van der Waals surface area (Å²) in [6.45, 7) is 2.86. The van der Waals surface area contributed by atoms with Crippen molar-refractivity contribution in [2.75, 3.05) is 26.7 Å². The van der Waals surface area contributed by atoms with Crippen molar-refractivity contribution in [3.05, 3.63) is 35.5 Å². The van der Waals surface area contributed by atoms with Gasteiger partial charge in [-0.15, -0.1) is 0 Å². The Morgan fingerprint density at radius 1 is 1.50 bits per heavy atom. The molecule has 1 aliphatic rings. The predicted molar refractivity (Wildman–Crippen MR) is 86.3 cm³/mol. The van der Waals surface area contributed by atoms with E-state index in [-0.39, 0.29) is 12.0 Å². The van der Waals surface area contributed by atoms with Gasteiger partial charge in [-0.1, -0.05) is 5.16 Å².